The van der Waals surface area contributed by atoms with Crippen LogP contribution in [0.25, 0.3) is 0 Å². The number of carbonyl (C=O) groups excluding carboxylic acids is 4. The van der Waals surface area contributed by atoms with Crippen LogP contribution < -0.4 is 5.73 Å². The highest BCUT2D eigenvalue weighted by atomic mass is 16.3. The highest BCUT2D eigenvalue weighted by Gasteiger charge is 2.59. The first-order valence-electron chi connectivity index (χ1n) is 12.2. The lowest BCUT2D eigenvalue weighted by atomic mass is 9.60. The summed E-state index contributed by atoms with van der Waals surface area (Å²) in [5.41, 5.74) is 2.05. The SMILES string of the molecule is CN1CCN(CC(=O)c2ccc(O)c3c2C[C@H]2C[C@H]4CC(O)=C(C(N)=O)C(=O)[C@@]4(O)C(O)=C2C3=O)CC1. The van der Waals surface area contributed by atoms with Gasteiger partial charge in [0, 0.05) is 49.7 Å². The summed E-state index contributed by atoms with van der Waals surface area (Å²) in [5.74, 6) is -7.08. The Bertz CT molecular complexity index is 1310. The van der Waals surface area contributed by atoms with E-state index in [1.807, 2.05) is 11.9 Å². The predicted molar refractivity (Wildman–Crippen MR) is 129 cm³/mol. The minimum absolute atomic E-state index is 0.0185. The lowest BCUT2D eigenvalue weighted by Gasteiger charge is -2.45. The van der Waals surface area contributed by atoms with Gasteiger partial charge in [0.25, 0.3) is 5.91 Å². The average molecular weight is 512 g/mol. The Morgan fingerprint density at radius 1 is 1.08 bits per heavy atom. The summed E-state index contributed by atoms with van der Waals surface area (Å²) < 4.78 is 0. The molecule has 1 aliphatic heterocycles. The molecule has 5 rings (SSSR count). The summed E-state index contributed by atoms with van der Waals surface area (Å²) in [4.78, 5) is 55.9. The number of benzene rings is 1. The number of amides is 1. The van der Waals surface area contributed by atoms with Gasteiger partial charge in [-0.15, -0.1) is 0 Å². The zero-order chi connectivity index (χ0) is 26.8. The third kappa shape index (κ3) is 3.76. The van der Waals surface area contributed by atoms with Gasteiger partial charge in [0.15, 0.2) is 17.2 Å². The van der Waals surface area contributed by atoms with Crippen LogP contribution in [0, 0.1) is 11.8 Å². The third-order valence-corrected chi connectivity index (χ3v) is 8.21. The lowest BCUT2D eigenvalue weighted by molar-refractivity contribution is -0.144. The molecule has 196 valence electrons. The molecule has 1 amide bonds. The number of aliphatic hydroxyl groups is 3. The maximum Gasteiger partial charge on any atom is 0.255 e. The minimum atomic E-state index is -2.61. The summed E-state index contributed by atoms with van der Waals surface area (Å²) in [6.07, 6.45) is -0.179. The molecule has 0 saturated carbocycles. The van der Waals surface area contributed by atoms with E-state index in [1.54, 1.807) is 0 Å². The molecular formula is C26H29N3O8. The molecule has 3 aliphatic carbocycles. The van der Waals surface area contributed by atoms with Gasteiger partial charge < -0.3 is 31.1 Å². The summed E-state index contributed by atoms with van der Waals surface area (Å²) in [7, 11) is 2.01. The number of likely N-dealkylation sites (N-methyl/N-ethyl adjacent to an activating group) is 1. The lowest BCUT2D eigenvalue weighted by Crippen LogP contribution is -2.57. The number of nitrogens with zero attached hydrogens (tertiary/aromatic N) is 2. The number of hydrogen-bond donors (Lipinski definition) is 5. The van der Waals surface area contributed by atoms with Crippen LogP contribution in [0.1, 0.15) is 39.1 Å². The predicted octanol–water partition coefficient (Wildman–Crippen LogP) is 0.0106. The topological polar surface area (TPSA) is 182 Å². The molecule has 1 aromatic carbocycles. The van der Waals surface area contributed by atoms with E-state index in [-0.39, 0.29) is 48.5 Å². The average Bonchev–Trinajstić information content (AvgIpc) is 2.82. The molecule has 11 heteroatoms. The number of primary amides is 1. The molecule has 1 heterocycles. The van der Waals surface area contributed by atoms with Crippen LogP contribution in [-0.4, -0.2) is 98.9 Å². The second-order valence-electron chi connectivity index (χ2n) is 10.4. The number of nitrogens with two attached hydrogens (primary N) is 1. The van der Waals surface area contributed by atoms with Crippen molar-refractivity contribution in [3.8, 4) is 5.75 Å². The fourth-order valence-corrected chi connectivity index (χ4v) is 6.17. The summed E-state index contributed by atoms with van der Waals surface area (Å²) in [5, 5.41) is 43.2. The maximum atomic E-state index is 13.6. The summed E-state index contributed by atoms with van der Waals surface area (Å²) in [6, 6.07) is 2.75. The van der Waals surface area contributed by atoms with Crippen LogP contribution >= 0.6 is 0 Å². The highest BCUT2D eigenvalue weighted by molar-refractivity contribution is 6.24. The van der Waals surface area contributed by atoms with Crippen LogP contribution in [0.2, 0.25) is 0 Å². The van der Waals surface area contributed by atoms with E-state index in [2.05, 4.69) is 4.90 Å². The van der Waals surface area contributed by atoms with Crippen molar-refractivity contribution in [2.75, 3.05) is 39.8 Å². The number of hydrogen-bond acceptors (Lipinski definition) is 10. The molecule has 37 heavy (non-hydrogen) atoms. The van der Waals surface area contributed by atoms with Crippen molar-refractivity contribution < 1.29 is 39.6 Å². The molecule has 1 fully saturated rings. The number of aliphatic hydroxyl groups excluding tert-OH is 2. The van der Waals surface area contributed by atoms with Gasteiger partial charge in [0.1, 0.15) is 22.8 Å². The molecule has 0 unspecified atom stereocenters. The Morgan fingerprint density at radius 3 is 2.41 bits per heavy atom. The molecule has 0 bridgehead atoms. The number of ketones is 3. The zero-order valence-electron chi connectivity index (χ0n) is 20.4. The third-order valence-electron chi connectivity index (χ3n) is 8.21. The standard InChI is InChI=1S/C26H29N3O8/c1-28-4-6-29(7-5-28)11-18(32)14-2-3-16(30)20-15(14)9-12-8-13-10-17(31)21(25(27)36)24(35)26(13,37)23(34)19(12)22(20)33/h2-3,12-13,30-31,34,37H,4-11H2,1H3,(H2,27,36)/t12-,13+,26+/m1/s1. The first-order chi connectivity index (χ1) is 17.4. The second kappa shape index (κ2) is 8.79. The quantitative estimate of drug-likeness (QED) is 0.273. The van der Waals surface area contributed by atoms with Crippen LogP contribution in [0.5, 0.6) is 5.75 Å². The van der Waals surface area contributed by atoms with Crippen LogP contribution in [0.4, 0.5) is 0 Å². The number of carbonyl (C=O) groups is 4. The van der Waals surface area contributed by atoms with Crippen molar-refractivity contribution in [3.63, 3.8) is 0 Å². The van der Waals surface area contributed by atoms with Crippen LogP contribution in [-0.2, 0) is 16.0 Å². The van der Waals surface area contributed by atoms with Gasteiger partial charge in [0.05, 0.1) is 12.1 Å². The van der Waals surface area contributed by atoms with E-state index in [9.17, 15) is 39.6 Å². The minimum Gasteiger partial charge on any atom is -0.511 e. The number of phenolic OH excluding ortho intramolecular Hbond substituents is 1. The van der Waals surface area contributed by atoms with Crippen LogP contribution in [0.3, 0.4) is 0 Å². The number of fused-ring (bicyclic) bond motifs is 3. The van der Waals surface area contributed by atoms with E-state index in [4.69, 9.17) is 5.73 Å². The fourth-order valence-electron chi connectivity index (χ4n) is 6.17. The fraction of sp³-hybridized carbons (Fsp3) is 0.462. The zero-order valence-corrected chi connectivity index (χ0v) is 20.4. The van der Waals surface area contributed by atoms with E-state index in [0.717, 1.165) is 26.2 Å². The van der Waals surface area contributed by atoms with Crippen molar-refractivity contribution in [1.29, 1.82) is 0 Å². The van der Waals surface area contributed by atoms with Crippen molar-refractivity contribution >= 4 is 23.3 Å². The smallest absolute Gasteiger partial charge is 0.255 e. The molecular weight excluding hydrogens is 482 g/mol. The molecule has 1 aromatic rings. The van der Waals surface area contributed by atoms with Crippen molar-refractivity contribution in [2.45, 2.75) is 24.9 Å². The van der Waals surface area contributed by atoms with Crippen LogP contribution in [0.15, 0.2) is 34.8 Å². The molecule has 1 saturated heterocycles. The van der Waals surface area contributed by atoms with Crippen molar-refractivity contribution in [2.24, 2.45) is 17.6 Å². The normalized spacial score (nSPS) is 28.6. The summed E-state index contributed by atoms with van der Waals surface area (Å²) >= 11 is 0. The Hall–Kier alpha value is -3.54. The van der Waals surface area contributed by atoms with Crippen molar-refractivity contribution in [1.82, 2.24) is 9.80 Å². The first-order valence-corrected chi connectivity index (χ1v) is 12.2. The number of piperazine rings is 1. The van der Waals surface area contributed by atoms with E-state index in [1.165, 1.54) is 12.1 Å². The Kier molecular flexibility index (Phi) is 5.97. The molecule has 6 N–H and O–H groups in total. The molecule has 0 radical (unpaired) electrons. The number of phenols is 1. The van der Waals surface area contributed by atoms with E-state index < -0.39 is 52.0 Å². The Labute approximate surface area is 212 Å². The van der Waals surface area contributed by atoms with Gasteiger partial charge in [-0.3, -0.25) is 24.1 Å². The largest absolute Gasteiger partial charge is 0.511 e. The number of allylic oxidation sites excluding steroid dienone is 2. The Morgan fingerprint density at radius 2 is 1.76 bits per heavy atom. The number of Topliss-reactive ketones (excluding diaryl/α,β-unsaturated/α-hetero) is 3. The Balaban J connectivity index is 1.54. The van der Waals surface area contributed by atoms with Gasteiger partial charge in [0.2, 0.25) is 5.78 Å². The van der Waals surface area contributed by atoms with E-state index in [0.29, 0.717) is 11.1 Å². The summed E-state index contributed by atoms with van der Waals surface area (Å²) in [6.45, 7) is 3.27. The molecule has 11 nitrogen and oxygen atoms in total. The van der Waals surface area contributed by atoms with Gasteiger partial charge in [-0.05, 0) is 43.5 Å². The molecule has 0 spiro atoms. The number of rotatable bonds is 4. The maximum absolute atomic E-state index is 13.6. The van der Waals surface area contributed by atoms with Gasteiger partial charge in [-0.2, -0.15) is 0 Å². The van der Waals surface area contributed by atoms with Crippen molar-refractivity contribution in [3.05, 3.63) is 51.5 Å². The van der Waals surface area contributed by atoms with Gasteiger partial charge in [-0.25, -0.2) is 0 Å². The van der Waals surface area contributed by atoms with Gasteiger partial charge >= 0.3 is 0 Å². The van der Waals surface area contributed by atoms with Gasteiger partial charge in [-0.1, -0.05) is 0 Å². The monoisotopic (exact) mass is 511 g/mol. The highest BCUT2D eigenvalue weighted by Crippen LogP contribution is 2.51. The van der Waals surface area contributed by atoms with E-state index >= 15 is 0 Å². The molecule has 0 aromatic heterocycles. The molecule has 4 aliphatic rings. The molecule has 3 atom stereocenters. The number of aromatic hydroxyl groups is 1. The second-order valence-corrected chi connectivity index (χ2v) is 10.4. The first kappa shape index (κ1) is 25.1.